The van der Waals surface area contributed by atoms with E-state index in [0.29, 0.717) is 0 Å². The quantitative estimate of drug-likeness (QED) is 0.392. The number of nitrogens with one attached hydrogen (secondary N) is 2. The van der Waals surface area contributed by atoms with Gasteiger partial charge in [-0.3, -0.25) is 0 Å². The molecule has 0 aromatic heterocycles. The van der Waals surface area contributed by atoms with Crippen molar-refractivity contribution in [2.24, 2.45) is 0 Å². The summed E-state index contributed by atoms with van der Waals surface area (Å²) in [5.74, 6) is 0. The average molecular weight is 228 g/mol. The van der Waals surface area contributed by atoms with Gasteiger partial charge in [-0.25, -0.2) is 0 Å². The van der Waals surface area contributed by atoms with Gasteiger partial charge in [0.05, 0.1) is 18.6 Å². The molecule has 86 valence electrons. The van der Waals surface area contributed by atoms with Crippen LogP contribution < -0.4 is 10.6 Å². The molecule has 4 nitrogen and oxygen atoms in total. The van der Waals surface area contributed by atoms with E-state index in [1.807, 2.05) is 0 Å². The molecular formula is C10H24N2O2. The minimum absolute atomic E-state index is 1.36. The summed E-state index contributed by atoms with van der Waals surface area (Å²) < 4.78 is 183. The summed E-state index contributed by atoms with van der Waals surface area (Å²) >= 11 is 0. The van der Waals surface area contributed by atoms with Crippen LogP contribution >= 0.6 is 0 Å². The maximum Gasteiger partial charge on any atom is 0.210 e. The Bertz CT molecular complexity index is 769. The van der Waals surface area contributed by atoms with Gasteiger partial charge in [0.15, 0.2) is 0 Å². The molecule has 4 N–H and O–H groups in total. The van der Waals surface area contributed by atoms with Gasteiger partial charge >= 0.3 is 0 Å². The first kappa shape index (κ1) is 1.68. The Balaban J connectivity index is 7.55. The Morgan fingerprint density at radius 3 is 2.14 bits per heavy atom. The molecule has 0 aromatic rings. The minimum Gasteiger partial charge on any atom is -0.395 e. The van der Waals surface area contributed by atoms with Crippen molar-refractivity contribution in [3.63, 3.8) is 0 Å². The smallest absolute Gasteiger partial charge is 0.210 e. The molecule has 0 aliphatic rings. The molecule has 0 rings (SSSR count). The fraction of sp³-hybridized carbons (Fsp3) is 1.00. The second kappa shape index (κ2) is 9.40. The molecule has 0 saturated heterocycles. The highest BCUT2D eigenvalue weighted by Gasteiger charge is 2.04. The normalized spacial score (nSPS) is 53.6. The zero-order chi connectivity index (χ0) is 31.6. The lowest BCUT2D eigenvalue weighted by atomic mass is 10.2. The SMILES string of the molecule is [2H]OC([2H])([2H])[C@]([2H])(N([2H])C([2H])([2H])C([2H])([2H])N([2H])[C@@]([2H])(C([2H])([2H])O[2H])C([2H])([2H])C([2H])([2H])[2H])C([2H])([2H])C([2H])([2H])[2H]. The standard InChI is InChI=1S/C10H24N2O2/c1-3-9(7-13)11-5-6-12-10(4-2)8-14/h9-14H,3-8H2,1-2H3/t9-,10-/m1/s1/i1D3,2D3,3D2,4D2,5D2,6D2,7D2,8D2,9D,10D,13D,14D/hD2. The lowest BCUT2D eigenvalue weighted by Crippen LogP contribution is -2.40. The monoisotopic (exact) mass is 228 g/mol. The van der Waals surface area contributed by atoms with Crippen molar-refractivity contribution in [3.05, 3.63) is 0 Å². The third-order valence-electron chi connectivity index (χ3n) is 0.816. The molecule has 4 heteroatoms. The van der Waals surface area contributed by atoms with E-state index in [9.17, 15) is 0 Å². The van der Waals surface area contributed by atoms with Crippen LogP contribution in [0, 0.1) is 0 Å². The third kappa shape index (κ3) is 6.32. The molecule has 14 heavy (non-hydrogen) atoms. The van der Waals surface area contributed by atoms with Crippen molar-refractivity contribution < 1.29 is 40.5 Å². The molecule has 0 spiro atoms. The molecule has 0 bridgehead atoms. The molecule has 2 atom stereocenters. The number of aliphatic hydroxyl groups is 2. The average Bonchev–Trinajstić information content (AvgIpc) is 2.74. The molecule has 0 fully saturated rings. The van der Waals surface area contributed by atoms with Crippen molar-refractivity contribution >= 4 is 0 Å². The van der Waals surface area contributed by atoms with Crippen LogP contribution in [-0.2, 0) is 0 Å². The van der Waals surface area contributed by atoms with Crippen LogP contribution in [0.4, 0.5) is 0 Å². The van der Waals surface area contributed by atoms with Crippen LogP contribution in [-0.4, -0.2) is 51.2 Å². The van der Waals surface area contributed by atoms with Gasteiger partial charge in [0.1, 0.15) is 2.82 Å². The topological polar surface area (TPSA) is 64.5 Å². The maximum absolute atomic E-state index is 8.16. The Morgan fingerprint density at radius 2 is 1.79 bits per heavy atom. The van der Waals surface area contributed by atoms with Crippen molar-refractivity contribution in [2.75, 3.05) is 26.1 Å². The van der Waals surface area contributed by atoms with Gasteiger partial charge in [0.25, 0.3) is 0 Å². The van der Waals surface area contributed by atoms with Gasteiger partial charge in [0.2, 0.25) is 2.86 Å². The van der Waals surface area contributed by atoms with E-state index < -0.39 is 75.2 Å². The highest BCUT2D eigenvalue weighted by molar-refractivity contribution is 4.67. The van der Waals surface area contributed by atoms with E-state index >= 15 is 0 Å². The molecule has 0 unspecified atom stereocenters. The van der Waals surface area contributed by atoms with Crippen molar-refractivity contribution in [3.8, 4) is 0 Å². The first-order chi connectivity index (χ1) is 16.2. The van der Waals surface area contributed by atoms with Gasteiger partial charge < -0.3 is 20.8 Å². The lowest BCUT2D eigenvalue weighted by Gasteiger charge is -2.17. The van der Waals surface area contributed by atoms with Crippen molar-refractivity contribution in [1.29, 1.82) is 2.86 Å². The van der Waals surface area contributed by atoms with Crippen LogP contribution in [0.3, 0.4) is 0 Å². The van der Waals surface area contributed by atoms with E-state index in [4.69, 9.17) is 33.1 Å². The Labute approximate surface area is 121 Å². The molecule has 0 heterocycles. The van der Waals surface area contributed by atoms with E-state index in [2.05, 4.69) is 10.2 Å². The zero-order valence-corrected chi connectivity index (χ0v) is 6.71. The Morgan fingerprint density at radius 1 is 1.29 bits per heavy atom. The molecule has 0 amide bonds. The fourth-order valence-electron chi connectivity index (χ4n) is 0.314. The fourth-order valence-corrected chi connectivity index (χ4v) is 0.314. The summed E-state index contributed by atoms with van der Waals surface area (Å²) in [7, 11) is 0. The van der Waals surface area contributed by atoms with Crippen LogP contribution in [0.15, 0.2) is 0 Å². The van der Waals surface area contributed by atoms with Crippen LogP contribution in [0.25, 0.3) is 0 Å². The van der Waals surface area contributed by atoms with Crippen molar-refractivity contribution in [2.45, 2.75) is 38.5 Å². The summed E-state index contributed by atoms with van der Waals surface area (Å²) in [4.78, 5) is 0. The predicted octanol–water partition coefficient (Wildman–Crippen LogP) is -0.293. The molecular weight excluding hydrogens is 180 g/mol. The second-order valence-corrected chi connectivity index (χ2v) is 1.60. The number of hydrogen-bond acceptors (Lipinski definition) is 4. The summed E-state index contributed by atoms with van der Waals surface area (Å²) in [6, 6.07) is -9.16. The van der Waals surface area contributed by atoms with E-state index in [1.54, 1.807) is 0 Å². The molecule has 0 aliphatic heterocycles. The van der Waals surface area contributed by atoms with Crippen LogP contribution in [0.2, 0.25) is 2.82 Å². The van der Waals surface area contributed by atoms with Gasteiger partial charge in [-0.05, 0) is 12.7 Å². The lowest BCUT2D eigenvalue weighted by molar-refractivity contribution is 0.229. The van der Waals surface area contributed by atoms with Crippen LogP contribution in [0.1, 0.15) is 53.9 Å². The second-order valence-electron chi connectivity index (χ2n) is 1.60. The van der Waals surface area contributed by atoms with Gasteiger partial charge in [-0.15, -0.1) is 0 Å². The molecule has 0 saturated carbocycles. The highest BCUT2D eigenvalue weighted by Crippen LogP contribution is 1.89. The first-order valence-corrected chi connectivity index (χ1v) is 3.05. The maximum atomic E-state index is 8.16. The number of hydrogen-bond donors (Lipinski definition) is 4. The zero-order valence-electron chi connectivity index (χ0n) is 30.7. The molecule has 0 aromatic carbocycles. The summed E-state index contributed by atoms with van der Waals surface area (Å²) in [6.45, 7) is -26.1. The van der Waals surface area contributed by atoms with Gasteiger partial charge in [-0.2, -0.15) is 0 Å². The molecule has 0 radical (unpaired) electrons. The summed E-state index contributed by atoms with van der Waals surface area (Å²) in [5, 5.41) is 4.35. The van der Waals surface area contributed by atoms with E-state index in [1.165, 1.54) is 0 Å². The Kier molecular flexibility index (Phi) is 1.13. The van der Waals surface area contributed by atoms with E-state index in [0.717, 1.165) is 0 Å². The van der Waals surface area contributed by atoms with Crippen LogP contribution in [0.5, 0.6) is 0 Å². The molecule has 0 aliphatic carbocycles. The van der Waals surface area contributed by atoms with Gasteiger partial charge in [0, 0.05) is 47.0 Å². The van der Waals surface area contributed by atoms with Gasteiger partial charge in [-0.1, -0.05) is 13.7 Å². The summed E-state index contributed by atoms with van der Waals surface area (Å²) in [6.07, 6.45) is -8.79. The minimum atomic E-state index is -4.66. The predicted molar refractivity (Wildman–Crippen MR) is 58.3 cm³/mol. The van der Waals surface area contributed by atoms with E-state index in [-0.39, 0.29) is 0 Å². The summed E-state index contributed by atoms with van der Waals surface area (Å²) in [5.41, 5.74) is 0. The third-order valence-corrected chi connectivity index (χ3v) is 0.816. The Hall–Kier alpha value is -0.160. The first-order valence-electron chi connectivity index (χ1n) is 14.8. The largest absolute Gasteiger partial charge is 0.395 e. The van der Waals surface area contributed by atoms with Crippen molar-refractivity contribution in [1.82, 2.24) is 10.6 Å². The number of rotatable bonds is 11. The highest BCUT2D eigenvalue weighted by atomic mass is 16.3.